The van der Waals surface area contributed by atoms with Crippen LogP contribution in [-0.4, -0.2) is 31.7 Å². The highest BCUT2D eigenvalue weighted by Crippen LogP contribution is 2.30. The van der Waals surface area contributed by atoms with Gasteiger partial charge in [-0.1, -0.05) is 6.07 Å². The van der Waals surface area contributed by atoms with Crippen molar-refractivity contribution in [3.8, 4) is 11.5 Å². The average molecular weight is 530 g/mol. The predicted molar refractivity (Wildman–Crippen MR) is 114 cm³/mol. The number of rotatable bonds is 7. The highest BCUT2D eigenvalue weighted by Gasteiger charge is 2.33. The van der Waals surface area contributed by atoms with E-state index in [0.717, 1.165) is 22.3 Å². The maximum atomic E-state index is 12.6. The van der Waals surface area contributed by atoms with Gasteiger partial charge in [0, 0.05) is 19.0 Å². The summed E-state index contributed by atoms with van der Waals surface area (Å²) in [6.07, 6.45) is -4.43. The first-order valence-corrected chi connectivity index (χ1v) is 9.01. The van der Waals surface area contributed by atoms with Crippen molar-refractivity contribution in [2.45, 2.75) is 26.2 Å². The molecule has 2 rings (SSSR count). The molecule has 1 heterocycles. The highest BCUT2D eigenvalue weighted by molar-refractivity contribution is 14.0. The van der Waals surface area contributed by atoms with E-state index < -0.39 is 11.9 Å². The van der Waals surface area contributed by atoms with E-state index in [0.29, 0.717) is 35.6 Å². The second-order valence-corrected chi connectivity index (χ2v) is 6.26. The number of benzene rings is 1. The van der Waals surface area contributed by atoms with Crippen molar-refractivity contribution >= 4 is 41.3 Å². The maximum absolute atomic E-state index is 12.6. The number of methoxy groups -OCH3 is 1. The number of hydrogen-bond donors (Lipinski definition) is 2. The second kappa shape index (κ2) is 11.3. The summed E-state index contributed by atoms with van der Waals surface area (Å²) in [4.78, 5) is 7.63. The first kappa shape index (κ1) is 24.3. The molecule has 0 fully saturated rings. The first-order valence-electron chi connectivity index (χ1n) is 8.13. The van der Waals surface area contributed by atoms with Crippen LogP contribution in [0.5, 0.6) is 11.5 Å². The Labute approximate surface area is 182 Å². The van der Waals surface area contributed by atoms with E-state index >= 15 is 0 Å². The molecule has 11 heteroatoms. The highest BCUT2D eigenvalue weighted by atomic mass is 127. The molecule has 0 atom stereocenters. The van der Waals surface area contributed by atoms with Gasteiger partial charge in [-0.15, -0.1) is 35.3 Å². The van der Waals surface area contributed by atoms with E-state index in [1.165, 1.54) is 0 Å². The lowest BCUT2D eigenvalue weighted by atomic mass is 10.2. The summed E-state index contributed by atoms with van der Waals surface area (Å²) < 4.78 is 48.5. The Balaban J connectivity index is 0.00000392. The second-order valence-electron chi connectivity index (χ2n) is 5.32. The number of hydrogen-bond acceptors (Lipinski definition) is 5. The third-order valence-corrected chi connectivity index (χ3v) is 4.31. The molecule has 1 aromatic heterocycles. The molecule has 0 amide bonds. The monoisotopic (exact) mass is 530 g/mol. The minimum atomic E-state index is -4.43. The summed E-state index contributed by atoms with van der Waals surface area (Å²) in [5, 5.41) is 7.37. The standard InChI is InChI=1S/C17H21F3N4O2S.HI/c1-4-26-13-7-11(5-6-12(13)25-3)8-22-16(21-2)23-9-15-24-14(10-27-15)17(18,19)20;/h5-7,10H,4,8-9H2,1-3H3,(H2,21,22,23);1H. The summed E-state index contributed by atoms with van der Waals surface area (Å²) in [5.41, 5.74) is 0.0599. The van der Waals surface area contributed by atoms with Gasteiger partial charge in [0.25, 0.3) is 0 Å². The van der Waals surface area contributed by atoms with E-state index in [1.807, 2.05) is 25.1 Å². The Kier molecular flexibility index (Phi) is 9.79. The van der Waals surface area contributed by atoms with Crippen molar-refractivity contribution in [3.63, 3.8) is 0 Å². The van der Waals surface area contributed by atoms with Gasteiger partial charge in [0.1, 0.15) is 5.01 Å². The smallest absolute Gasteiger partial charge is 0.434 e. The Hall–Kier alpha value is -1.76. The fraction of sp³-hybridized carbons (Fsp3) is 0.412. The van der Waals surface area contributed by atoms with Crippen LogP contribution in [0.4, 0.5) is 13.2 Å². The SMILES string of the molecule is CCOc1cc(CNC(=NC)NCc2nc(C(F)(F)F)cs2)ccc1OC.I. The van der Waals surface area contributed by atoms with Crippen LogP contribution >= 0.6 is 35.3 Å². The fourth-order valence-corrected chi connectivity index (χ4v) is 2.93. The summed E-state index contributed by atoms with van der Waals surface area (Å²) in [6, 6.07) is 5.56. The number of halogens is 4. The molecule has 0 bridgehead atoms. The van der Waals surface area contributed by atoms with Crippen LogP contribution in [-0.2, 0) is 19.3 Å². The van der Waals surface area contributed by atoms with Gasteiger partial charge in [0.2, 0.25) is 0 Å². The number of nitrogens with zero attached hydrogens (tertiary/aromatic N) is 2. The zero-order valence-electron chi connectivity index (χ0n) is 15.6. The number of aromatic nitrogens is 1. The molecule has 0 unspecified atom stereocenters. The molecule has 28 heavy (non-hydrogen) atoms. The Morgan fingerprint density at radius 3 is 2.50 bits per heavy atom. The summed E-state index contributed by atoms with van der Waals surface area (Å²) >= 11 is 0.948. The molecule has 0 saturated heterocycles. The van der Waals surface area contributed by atoms with E-state index in [4.69, 9.17) is 9.47 Å². The molecule has 0 saturated carbocycles. The van der Waals surface area contributed by atoms with Crippen molar-refractivity contribution in [3.05, 3.63) is 39.8 Å². The minimum absolute atomic E-state index is 0. The van der Waals surface area contributed by atoms with Gasteiger partial charge in [-0.2, -0.15) is 13.2 Å². The molecule has 6 nitrogen and oxygen atoms in total. The van der Waals surface area contributed by atoms with Crippen molar-refractivity contribution in [2.75, 3.05) is 20.8 Å². The molecular formula is C17H22F3IN4O2S. The van der Waals surface area contributed by atoms with E-state index in [2.05, 4.69) is 20.6 Å². The number of aliphatic imine (C=N–C) groups is 1. The zero-order valence-corrected chi connectivity index (χ0v) is 18.7. The van der Waals surface area contributed by atoms with Crippen LogP contribution in [0.15, 0.2) is 28.6 Å². The lowest BCUT2D eigenvalue weighted by Crippen LogP contribution is -2.36. The number of thiazole rings is 1. The maximum Gasteiger partial charge on any atom is 0.434 e. The van der Waals surface area contributed by atoms with Gasteiger partial charge in [-0.25, -0.2) is 4.98 Å². The number of ether oxygens (including phenoxy) is 2. The molecule has 0 aliphatic rings. The fourth-order valence-electron chi connectivity index (χ4n) is 2.19. The van der Waals surface area contributed by atoms with Crippen molar-refractivity contribution in [1.82, 2.24) is 15.6 Å². The third-order valence-electron chi connectivity index (χ3n) is 3.46. The summed E-state index contributed by atoms with van der Waals surface area (Å²) in [7, 11) is 3.16. The topological polar surface area (TPSA) is 67.8 Å². The van der Waals surface area contributed by atoms with Gasteiger partial charge < -0.3 is 20.1 Å². The molecule has 0 aliphatic carbocycles. The number of alkyl halides is 3. The Morgan fingerprint density at radius 1 is 1.21 bits per heavy atom. The molecule has 0 aliphatic heterocycles. The summed E-state index contributed by atoms with van der Waals surface area (Å²) in [6.45, 7) is 3.01. The van der Waals surface area contributed by atoms with Crippen LogP contribution in [0.3, 0.4) is 0 Å². The van der Waals surface area contributed by atoms with Crippen molar-refractivity contribution in [2.24, 2.45) is 4.99 Å². The van der Waals surface area contributed by atoms with Crippen molar-refractivity contribution < 1.29 is 22.6 Å². The lowest BCUT2D eigenvalue weighted by molar-refractivity contribution is -0.140. The van der Waals surface area contributed by atoms with Gasteiger partial charge in [-0.3, -0.25) is 4.99 Å². The Bertz CT molecular complexity index is 784. The minimum Gasteiger partial charge on any atom is -0.493 e. The van der Waals surface area contributed by atoms with Gasteiger partial charge in [0.05, 0.1) is 20.3 Å². The van der Waals surface area contributed by atoms with Crippen LogP contribution in [0.2, 0.25) is 0 Å². The normalized spacial score (nSPS) is 11.6. The third kappa shape index (κ3) is 7.00. The molecule has 156 valence electrons. The van der Waals surface area contributed by atoms with E-state index in [-0.39, 0.29) is 30.5 Å². The molecule has 0 spiro atoms. The first-order chi connectivity index (χ1) is 12.9. The van der Waals surface area contributed by atoms with Crippen molar-refractivity contribution in [1.29, 1.82) is 0 Å². The number of nitrogens with one attached hydrogen (secondary N) is 2. The quantitative estimate of drug-likeness (QED) is 0.321. The summed E-state index contributed by atoms with van der Waals surface area (Å²) in [5.74, 6) is 1.74. The molecular weight excluding hydrogens is 508 g/mol. The number of guanidine groups is 1. The van der Waals surface area contributed by atoms with Crippen LogP contribution in [0.25, 0.3) is 0 Å². The molecule has 0 radical (unpaired) electrons. The van der Waals surface area contributed by atoms with E-state index in [1.54, 1.807) is 14.2 Å². The van der Waals surface area contributed by atoms with Crippen LogP contribution < -0.4 is 20.1 Å². The zero-order chi connectivity index (χ0) is 19.9. The lowest BCUT2D eigenvalue weighted by Gasteiger charge is -2.13. The van der Waals surface area contributed by atoms with Gasteiger partial charge >= 0.3 is 6.18 Å². The van der Waals surface area contributed by atoms with Gasteiger partial charge in [-0.05, 0) is 24.6 Å². The van der Waals surface area contributed by atoms with Crippen LogP contribution in [0, 0.1) is 0 Å². The average Bonchev–Trinajstić information content (AvgIpc) is 3.12. The molecule has 2 N–H and O–H groups in total. The molecule has 1 aromatic carbocycles. The Morgan fingerprint density at radius 2 is 1.93 bits per heavy atom. The predicted octanol–water partition coefficient (Wildman–Crippen LogP) is 4.05. The molecule has 2 aromatic rings. The van der Waals surface area contributed by atoms with Crippen LogP contribution in [0.1, 0.15) is 23.2 Å². The van der Waals surface area contributed by atoms with E-state index in [9.17, 15) is 13.2 Å². The van der Waals surface area contributed by atoms with Gasteiger partial charge in [0.15, 0.2) is 23.2 Å². The largest absolute Gasteiger partial charge is 0.493 e.